The summed E-state index contributed by atoms with van der Waals surface area (Å²) < 4.78 is 3.06. The molecule has 0 aliphatic rings. The lowest BCUT2D eigenvalue weighted by atomic mass is 10.1. The summed E-state index contributed by atoms with van der Waals surface area (Å²) in [5.41, 5.74) is 2.30. The van der Waals surface area contributed by atoms with Crippen LogP contribution in [0, 0.1) is 6.92 Å². The monoisotopic (exact) mass is 295 g/mol. The van der Waals surface area contributed by atoms with Crippen molar-refractivity contribution in [2.75, 3.05) is 0 Å². The normalized spacial score (nSPS) is 11.4. The first-order chi connectivity index (χ1) is 7.95. The fourth-order valence-electron chi connectivity index (χ4n) is 2.21. The Hall–Kier alpha value is -1.29. The Kier molecular flexibility index (Phi) is 3.00. The quantitative estimate of drug-likeness (QED) is 0.910. The van der Waals surface area contributed by atoms with E-state index in [-0.39, 0.29) is 6.04 Å². The number of aromatic carboxylic acids is 1. The van der Waals surface area contributed by atoms with Crippen LogP contribution in [0.25, 0.3) is 10.9 Å². The third-order valence-electron chi connectivity index (χ3n) is 2.94. The molecule has 0 radical (unpaired) electrons. The summed E-state index contributed by atoms with van der Waals surface area (Å²) >= 11 is 3.55. The molecule has 17 heavy (non-hydrogen) atoms. The lowest BCUT2D eigenvalue weighted by Gasteiger charge is -2.11. The number of benzene rings is 1. The van der Waals surface area contributed by atoms with Gasteiger partial charge in [-0.05, 0) is 54.4 Å². The average Bonchev–Trinajstić information content (AvgIpc) is 2.51. The van der Waals surface area contributed by atoms with Crippen LogP contribution < -0.4 is 0 Å². The van der Waals surface area contributed by atoms with Crippen molar-refractivity contribution in [1.29, 1.82) is 0 Å². The number of hydrogen-bond donors (Lipinski definition) is 1. The Labute approximate surface area is 108 Å². The first-order valence-electron chi connectivity index (χ1n) is 5.47. The van der Waals surface area contributed by atoms with Gasteiger partial charge in [-0.15, -0.1) is 0 Å². The van der Waals surface area contributed by atoms with E-state index in [9.17, 15) is 9.90 Å². The fourth-order valence-corrected chi connectivity index (χ4v) is 3.01. The predicted molar refractivity (Wildman–Crippen MR) is 71.7 cm³/mol. The molecule has 4 heteroatoms. The van der Waals surface area contributed by atoms with Crippen LogP contribution in [0.5, 0.6) is 0 Å². The molecule has 2 rings (SSSR count). The Balaban J connectivity index is 2.94. The molecule has 3 nitrogen and oxygen atoms in total. The van der Waals surface area contributed by atoms with Gasteiger partial charge < -0.3 is 9.67 Å². The Morgan fingerprint density at radius 1 is 1.41 bits per heavy atom. The molecule has 0 saturated carbocycles. The van der Waals surface area contributed by atoms with Crippen molar-refractivity contribution in [1.82, 2.24) is 4.57 Å². The highest BCUT2D eigenvalue weighted by molar-refractivity contribution is 9.10. The van der Waals surface area contributed by atoms with Gasteiger partial charge in [-0.25, -0.2) is 4.79 Å². The number of halogens is 1. The van der Waals surface area contributed by atoms with Crippen LogP contribution in [0.4, 0.5) is 0 Å². The molecule has 0 unspecified atom stereocenters. The van der Waals surface area contributed by atoms with Crippen LogP contribution in [0.2, 0.25) is 0 Å². The van der Waals surface area contributed by atoms with E-state index >= 15 is 0 Å². The zero-order chi connectivity index (χ0) is 12.7. The summed E-state index contributed by atoms with van der Waals surface area (Å²) in [4.78, 5) is 11.2. The summed E-state index contributed by atoms with van der Waals surface area (Å²) in [6, 6.07) is 5.68. The summed E-state index contributed by atoms with van der Waals surface area (Å²) in [6.07, 6.45) is 0. The number of rotatable bonds is 2. The standard InChI is InChI=1S/C13H14BrNO2/c1-7(2)15-10-6-4-5-9(13(16)17)11(10)8(3)12(15)14/h4-7H,1-3H3,(H,16,17). The van der Waals surface area contributed by atoms with Gasteiger partial charge in [-0.3, -0.25) is 0 Å². The summed E-state index contributed by atoms with van der Waals surface area (Å²) in [7, 11) is 0. The van der Waals surface area contributed by atoms with E-state index in [2.05, 4.69) is 34.3 Å². The lowest BCUT2D eigenvalue weighted by molar-refractivity contribution is 0.0699. The van der Waals surface area contributed by atoms with E-state index in [1.807, 2.05) is 13.0 Å². The molecule has 2 aromatic rings. The molecule has 0 aliphatic heterocycles. The molecule has 1 aromatic carbocycles. The van der Waals surface area contributed by atoms with Crippen LogP contribution in [0.1, 0.15) is 35.8 Å². The zero-order valence-electron chi connectivity index (χ0n) is 9.99. The van der Waals surface area contributed by atoms with E-state index in [4.69, 9.17) is 0 Å². The van der Waals surface area contributed by atoms with Crippen LogP contribution in [0.3, 0.4) is 0 Å². The second-order valence-electron chi connectivity index (χ2n) is 4.38. The third kappa shape index (κ3) is 1.76. The highest BCUT2D eigenvalue weighted by atomic mass is 79.9. The molecule has 0 fully saturated rings. The largest absolute Gasteiger partial charge is 0.478 e. The molecule has 1 N–H and O–H groups in total. The van der Waals surface area contributed by atoms with Crippen LogP contribution >= 0.6 is 15.9 Å². The first-order valence-corrected chi connectivity index (χ1v) is 6.26. The topological polar surface area (TPSA) is 42.2 Å². The minimum atomic E-state index is -0.882. The molecular formula is C13H14BrNO2. The number of aryl methyl sites for hydroxylation is 1. The van der Waals surface area contributed by atoms with Crippen LogP contribution in [-0.2, 0) is 0 Å². The molecule has 1 heterocycles. The van der Waals surface area contributed by atoms with Crippen molar-refractivity contribution in [2.24, 2.45) is 0 Å². The number of carboxylic acids is 1. The van der Waals surface area contributed by atoms with Crippen molar-refractivity contribution in [3.05, 3.63) is 33.9 Å². The average molecular weight is 296 g/mol. The molecule has 1 aromatic heterocycles. The molecule has 0 bridgehead atoms. The summed E-state index contributed by atoms with van der Waals surface area (Å²) in [5.74, 6) is -0.882. The van der Waals surface area contributed by atoms with E-state index in [0.717, 1.165) is 21.1 Å². The second kappa shape index (κ2) is 4.18. The van der Waals surface area contributed by atoms with Gasteiger partial charge in [0.2, 0.25) is 0 Å². The van der Waals surface area contributed by atoms with Gasteiger partial charge in [0.05, 0.1) is 15.7 Å². The maximum atomic E-state index is 11.2. The van der Waals surface area contributed by atoms with Gasteiger partial charge in [-0.2, -0.15) is 0 Å². The maximum Gasteiger partial charge on any atom is 0.336 e. The van der Waals surface area contributed by atoms with E-state index in [1.54, 1.807) is 12.1 Å². The van der Waals surface area contributed by atoms with E-state index in [1.165, 1.54) is 0 Å². The lowest BCUT2D eigenvalue weighted by Crippen LogP contribution is -2.01. The number of aromatic nitrogens is 1. The van der Waals surface area contributed by atoms with Gasteiger partial charge in [-0.1, -0.05) is 6.07 Å². The van der Waals surface area contributed by atoms with Gasteiger partial charge in [0, 0.05) is 11.4 Å². The summed E-state index contributed by atoms with van der Waals surface area (Å²) in [6.45, 7) is 6.10. The molecule has 90 valence electrons. The molecular weight excluding hydrogens is 282 g/mol. The number of carbonyl (C=O) groups is 1. The second-order valence-corrected chi connectivity index (χ2v) is 5.14. The van der Waals surface area contributed by atoms with Crippen LogP contribution in [-0.4, -0.2) is 15.6 Å². The number of hydrogen-bond acceptors (Lipinski definition) is 1. The van der Waals surface area contributed by atoms with Crippen molar-refractivity contribution < 1.29 is 9.90 Å². The Morgan fingerprint density at radius 3 is 2.59 bits per heavy atom. The van der Waals surface area contributed by atoms with Crippen LogP contribution in [0.15, 0.2) is 22.8 Å². The van der Waals surface area contributed by atoms with Crippen molar-refractivity contribution in [3.63, 3.8) is 0 Å². The van der Waals surface area contributed by atoms with E-state index < -0.39 is 5.97 Å². The molecule has 0 amide bonds. The van der Waals surface area contributed by atoms with Gasteiger partial charge in [0.25, 0.3) is 0 Å². The number of fused-ring (bicyclic) bond motifs is 1. The van der Waals surface area contributed by atoms with Crippen molar-refractivity contribution in [3.8, 4) is 0 Å². The first kappa shape index (κ1) is 12.2. The predicted octanol–water partition coefficient (Wildman–Crippen LogP) is 3.99. The Bertz CT molecular complexity index is 599. The highest BCUT2D eigenvalue weighted by Gasteiger charge is 2.19. The number of carboxylic acid groups (broad SMARTS) is 1. The zero-order valence-corrected chi connectivity index (χ0v) is 11.6. The van der Waals surface area contributed by atoms with Crippen molar-refractivity contribution in [2.45, 2.75) is 26.8 Å². The minimum Gasteiger partial charge on any atom is -0.478 e. The maximum absolute atomic E-state index is 11.2. The molecule has 0 aliphatic carbocycles. The fraction of sp³-hybridized carbons (Fsp3) is 0.308. The molecule has 0 saturated heterocycles. The smallest absolute Gasteiger partial charge is 0.336 e. The summed E-state index contributed by atoms with van der Waals surface area (Å²) in [5, 5.41) is 10.0. The van der Waals surface area contributed by atoms with Gasteiger partial charge in [0.1, 0.15) is 0 Å². The van der Waals surface area contributed by atoms with E-state index in [0.29, 0.717) is 5.56 Å². The molecule has 0 atom stereocenters. The number of nitrogens with zero attached hydrogens (tertiary/aromatic N) is 1. The Morgan fingerprint density at radius 2 is 2.06 bits per heavy atom. The van der Waals surface area contributed by atoms with Gasteiger partial charge in [0.15, 0.2) is 0 Å². The van der Waals surface area contributed by atoms with Crippen molar-refractivity contribution >= 4 is 32.8 Å². The molecule has 0 spiro atoms. The minimum absolute atomic E-state index is 0.282. The highest BCUT2D eigenvalue weighted by Crippen LogP contribution is 2.34. The third-order valence-corrected chi connectivity index (χ3v) is 3.92. The van der Waals surface area contributed by atoms with Gasteiger partial charge >= 0.3 is 5.97 Å². The SMILES string of the molecule is Cc1c(Br)n(C(C)C)c2cccc(C(=O)O)c12.